The van der Waals surface area contributed by atoms with Crippen LogP contribution >= 0.6 is 0 Å². The highest BCUT2D eigenvalue weighted by molar-refractivity contribution is 5.72. The van der Waals surface area contributed by atoms with Crippen molar-refractivity contribution >= 4 is 0 Å². The van der Waals surface area contributed by atoms with E-state index in [4.69, 9.17) is 19.4 Å². The molecule has 1 spiro atoms. The number of halogens is 1. The summed E-state index contributed by atoms with van der Waals surface area (Å²) in [5.74, 6) is 0.412. The minimum Gasteiger partial charge on any atom is -0.347 e. The number of pyridine rings is 1. The quantitative estimate of drug-likeness (QED) is 0.290. The monoisotopic (exact) mass is 521 g/mol. The highest BCUT2D eigenvalue weighted by Gasteiger charge is 2.57. The zero-order valence-corrected chi connectivity index (χ0v) is 22.4. The highest BCUT2D eigenvalue weighted by atomic mass is 19.1. The van der Waals surface area contributed by atoms with Gasteiger partial charge in [-0.3, -0.25) is 4.98 Å². The lowest BCUT2D eigenvalue weighted by atomic mass is 9.54. The van der Waals surface area contributed by atoms with E-state index in [0.717, 1.165) is 53.8 Å². The molecule has 0 unspecified atom stereocenters. The van der Waals surface area contributed by atoms with Crippen LogP contribution < -0.4 is 0 Å². The van der Waals surface area contributed by atoms with Crippen LogP contribution in [0.25, 0.3) is 33.9 Å². The minimum absolute atomic E-state index is 0.194. The van der Waals surface area contributed by atoms with Crippen LogP contribution in [-0.2, 0) is 21.3 Å². The number of rotatable bonds is 3. The Morgan fingerprint density at radius 3 is 2.46 bits per heavy atom. The van der Waals surface area contributed by atoms with Crippen molar-refractivity contribution in [2.45, 2.75) is 50.7 Å². The van der Waals surface area contributed by atoms with Crippen molar-refractivity contribution in [3.05, 3.63) is 90.0 Å². The van der Waals surface area contributed by atoms with Gasteiger partial charge in [-0.15, -0.1) is 0 Å². The molecule has 2 aromatic carbocycles. The summed E-state index contributed by atoms with van der Waals surface area (Å²) in [6.45, 7) is 5.91. The van der Waals surface area contributed by atoms with Crippen LogP contribution in [0.3, 0.4) is 0 Å². The number of benzene rings is 2. The van der Waals surface area contributed by atoms with Crippen LogP contribution in [0.1, 0.15) is 44.4 Å². The van der Waals surface area contributed by atoms with Crippen LogP contribution in [0, 0.1) is 17.7 Å². The molecule has 7 rings (SSSR count). The van der Waals surface area contributed by atoms with Gasteiger partial charge >= 0.3 is 0 Å². The van der Waals surface area contributed by atoms with Crippen molar-refractivity contribution in [1.29, 1.82) is 0 Å². The van der Waals surface area contributed by atoms with Crippen molar-refractivity contribution < 1.29 is 13.9 Å². The molecule has 3 atom stereocenters. The summed E-state index contributed by atoms with van der Waals surface area (Å²) in [6.07, 6.45) is 5.29. The molecular weight excluding hydrogens is 489 g/mol. The maximum atomic E-state index is 15.3. The van der Waals surface area contributed by atoms with E-state index in [-0.39, 0.29) is 17.2 Å². The molecule has 0 radical (unpaired) electrons. The Morgan fingerprint density at radius 2 is 1.67 bits per heavy atom. The summed E-state index contributed by atoms with van der Waals surface area (Å²) in [6, 6.07) is 21.0. The number of fused-ring (bicyclic) bond motifs is 3. The summed E-state index contributed by atoms with van der Waals surface area (Å²) in [5.41, 5.74) is 5.90. The molecule has 0 amide bonds. The summed E-state index contributed by atoms with van der Waals surface area (Å²) < 4.78 is 27.7. The van der Waals surface area contributed by atoms with Gasteiger partial charge in [-0.2, -0.15) is 0 Å². The molecule has 2 aromatic heterocycles. The van der Waals surface area contributed by atoms with Crippen LogP contribution in [0.2, 0.25) is 0 Å². The lowest BCUT2D eigenvalue weighted by molar-refractivity contribution is -0.234. The minimum atomic E-state index is -0.498. The fourth-order valence-corrected chi connectivity index (χ4v) is 7.28. The van der Waals surface area contributed by atoms with E-state index >= 15 is 4.39 Å². The van der Waals surface area contributed by atoms with Crippen molar-refractivity contribution in [3.63, 3.8) is 0 Å². The predicted octanol–water partition coefficient (Wildman–Crippen LogP) is 7.00. The molecule has 0 bridgehead atoms. The lowest BCUT2D eigenvalue weighted by Crippen LogP contribution is -2.55. The highest BCUT2D eigenvalue weighted by Crippen LogP contribution is 2.57. The summed E-state index contributed by atoms with van der Waals surface area (Å²) in [5, 5.41) is 0. The summed E-state index contributed by atoms with van der Waals surface area (Å²) in [4.78, 5) is 15.0. The van der Waals surface area contributed by atoms with Crippen molar-refractivity contribution in [3.8, 4) is 33.9 Å². The Labute approximate surface area is 228 Å². The second-order valence-electron chi connectivity index (χ2n) is 11.4. The molecule has 5 nitrogen and oxygen atoms in total. The van der Waals surface area contributed by atoms with Crippen LogP contribution in [-0.4, -0.2) is 34.0 Å². The second-order valence-corrected chi connectivity index (χ2v) is 11.4. The Kier molecular flexibility index (Phi) is 5.87. The fraction of sp³-hybridized carbons (Fsp3) is 0.364. The molecule has 2 fully saturated rings. The van der Waals surface area contributed by atoms with Gasteiger partial charge in [0.05, 0.1) is 30.3 Å². The molecular formula is C33H32FN3O2. The molecule has 1 saturated carbocycles. The Morgan fingerprint density at radius 1 is 0.897 bits per heavy atom. The van der Waals surface area contributed by atoms with Gasteiger partial charge < -0.3 is 9.47 Å². The van der Waals surface area contributed by atoms with Gasteiger partial charge in [-0.25, -0.2) is 14.4 Å². The topological polar surface area (TPSA) is 57.1 Å². The number of nitrogens with zero attached hydrogens (tertiary/aromatic N) is 3. The van der Waals surface area contributed by atoms with Gasteiger partial charge in [0.25, 0.3) is 0 Å². The molecule has 6 heteroatoms. The van der Waals surface area contributed by atoms with Gasteiger partial charge in [0, 0.05) is 46.2 Å². The van der Waals surface area contributed by atoms with Crippen molar-refractivity contribution in [1.82, 2.24) is 15.0 Å². The van der Waals surface area contributed by atoms with Gasteiger partial charge in [0.2, 0.25) is 0 Å². The molecule has 1 saturated heterocycles. The lowest BCUT2D eigenvalue weighted by Gasteiger charge is -2.54. The van der Waals surface area contributed by atoms with Crippen LogP contribution in [0.4, 0.5) is 4.39 Å². The average molecular weight is 522 g/mol. The molecule has 3 heterocycles. The zero-order valence-electron chi connectivity index (χ0n) is 22.4. The maximum absolute atomic E-state index is 15.3. The van der Waals surface area contributed by atoms with E-state index in [9.17, 15) is 0 Å². The van der Waals surface area contributed by atoms with Gasteiger partial charge in [0.15, 0.2) is 11.6 Å². The third-order valence-electron chi connectivity index (χ3n) is 9.35. The summed E-state index contributed by atoms with van der Waals surface area (Å²) >= 11 is 0. The van der Waals surface area contributed by atoms with Crippen LogP contribution in [0.15, 0.2) is 72.9 Å². The second kappa shape index (κ2) is 9.32. The molecule has 0 N–H and O–H groups in total. The van der Waals surface area contributed by atoms with E-state index in [2.05, 4.69) is 18.8 Å². The number of ether oxygens (including phenoxy) is 2. The standard InChI is InChI=1S/C33H32FN3O2/c1-21-26-13-12-25-29(24-10-6-7-11-27(24)34)36-31(23-14-17-35-28(20-23)22-8-4-3-5-9-22)37-30(25)32(26,2)15-16-33(21)38-18-19-39-33/h3-11,14,17,20-21,26H,12-13,15-16,18-19H2,1-2H3/t21-,26-,32-/m1/s1. The average Bonchev–Trinajstić information content (AvgIpc) is 3.46. The largest absolute Gasteiger partial charge is 0.347 e. The molecule has 1 aliphatic heterocycles. The molecule has 2 aliphatic carbocycles. The molecule has 3 aliphatic rings. The normalized spacial score (nSPS) is 25.3. The molecule has 39 heavy (non-hydrogen) atoms. The van der Waals surface area contributed by atoms with Gasteiger partial charge in [0.1, 0.15) is 5.82 Å². The van der Waals surface area contributed by atoms with E-state index < -0.39 is 5.79 Å². The Hall–Kier alpha value is -3.48. The number of hydrogen-bond donors (Lipinski definition) is 0. The Balaban J connectivity index is 1.40. The third kappa shape index (κ3) is 3.92. The fourth-order valence-electron chi connectivity index (χ4n) is 7.28. The zero-order chi connectivity index (χ0) is 26.6. The van der Waals surface area contributed by atoms with Gasteiger partial charge in [-0.05, 0) is 49.4 Å². The Bertz CT molecular complexity index is 1540. The van der Waals surface area contributed by atoms with Gasteiger partial charge in [-0.1, -0.05) is 56.3 Å². The first-order valence-corrected chi connectivity index (χ1v) is 13.9. The first-order valence-electron chi connectivity index (χ1n) is 13.9. The molecule has 4 aromatic rings. The smallest absolute Gasteiger partial charge is 0.171 e. The van der Waals surface area contributed by atoms with Crippen molar-refractivity contribution in [2.24, 2.45) is 11.8 Å². The van der Waals surface area contributed by atoms with Crippen molar-refractivity contribution in [2.75, 3.05) is 13.2 Å². The third-order valence-corrected chi connectivity index (χ3v) is 9.35. The summed E-state index contributed by atoms with van der Waals surface area (Å²) in [7, 11) is 0. The number of aromatic nitrogens is 3. The predicted molar refractivity (Wildman–Crippen MR) is 148 cm³/mol. The molecule has 198 valence electrons. The maximum Gasteiger partial charge on any atom is 0.171 e. The van der Waals surface area contributed by atoms with E-state index in [0.29, 0.717) is 36.2 Å². The first-order chi connectivity index (χ1) is 19.0. The first kappa shape index (κ1) is 24.6. The number of hydrogen-bond acceptors (Lipinski definition) is 5. The van der Waals surface area contributed by atoms with Crippen LogP contribution in [0.5, 0.6) is 0 Å². The SMILES string of the molecule is C[C@@H]1[C@H]2CCc3c(-c4ccccc4F)nc(-c4ccnc(-c5ccccc5)c4)nc3[C@]2(C)CCC12OCCO2. The van der Waals surface area contributed by atoms with E-state index in [1.54, 1.807) is 12.3 Å². The van der Waals surface area contributed by atoms with E-state index in [1.165, 1.54) is 6.07 Å². The van der Waals surface area contributed by atoms with E-state index in [1.807, 2.05) is 54.6 Å².